The number of methoxy groups -OCH3 is 1. The fourth-order valence-electron chi connectivity index (χ4n) is 3.72. The lowest BCUT2D eigenvalue weighted by molar-refractivity contribution is -0.138. The average Bonchev–Trinajstić information content (AvgIpc) is 3.12. The smallest absolute Gasteiger partial charge is 0.237 e. The number of carbonyl (C=O) groups is 2. The van der Waals surface area contributed by atoms with Crippen LogP contribution in [0.5, 0.6) is 5.75 Å². The van der Waals surface area contributed by atoms with Crippen molar-refractivity contribution >= 4 is 23.2 Å². The van der Waals surface area contributed by atoms with Gasteiger partial charge in [0, 0.05) is 37.8 Å². The van der Waals surface area contributed by atoms with E-state index >= 15 is 0 Å². The molecule has 0 radical (unpaired) electrons. The van der Waals surface area contributed by atoms with Gasteiger partial charge >= 0.3 is 0 Å². The van der Waals surface area contributed by atoms with Crippen molar-refractivity contribution < 1.29 is 14.3 Å². The number of nitrogens with zero attached hydrogens (tertiary/aromatic N) is 3. The predicted octanol–water partition coefficient (Wildman–Crippen LogP) is 2.43. The first-order chi connectivity index (χ1) is 14.3. The second kappa shape index (κ2) is 9.57. The summed E-state index contributed by atoms with van der Waals surface area (Å²) >= 11 is 1.55. The van der Waals surface area contributed by atoms with E-state index in [1.165, 1.54) is 0 Å². The molecule has 8 heteroatoms. The van der Waals surface area contributed by atoms with Crippen LogP contribution in [0.15, 0.2) is 17.5 Å². The highest BCUT2D eigenvalue weighted by Gasteiger charge is 2.33. The quantitative estimate of drug-likeness (QED) is 0.730. The van der Waals surface area contributed by atoms with Crippen molar-refractivity contribution in [1.82, 2.24) is 20.1 Å². The predicted molar refractivity (Wildman–Crippen MR) is 118 cm³/mol. The highest BCUT2D eigenvalue weighted by atomic mass is 32.1. The van der Waals surface area contributed by atoms with Crippen LogP contribution >= 0.6 is 11.3 Å². The van der Waals surface area contributed by atoms with Crippen LogP contribution in [0.4, 0.5) is 0 Å². The maximum atomic E-state index is 12.9. The van der Waals surface area contributed by atoms with Gasteiger partial charge in [-0.2, -0.15) is 0 Å². The Balaban J connectivity index is 1.71. The Bertz CT molecular complexity index is 927. The second-order valence-electron chi connectivity index (χ2n) is 7.79. The lowest BCUT2D eigenvalue weighted by Gasteiger charge is -2.35. The van der Waals surface area contributed by atoms with Gasteiger partial charge in [0.1, 0.15) is 10.8 Å². The van der Waals surface area contributed by atoms with Gasteiger partial charge in [-0.1, -0.05) is 6.07 Å². The van der Waals surface area contributed by atoms with E-state index in [-0.39, 0.29) is 18.2 Å². The molecule has 1 saturated heterocycles. The molecular weight excluding hydrogens is 400 g/mol. The summed E-state index contributed by atoms with van der Waals surface area (Å²) < 4.78 is 5.41. The molecule has 0 spiro atoms. The zero-order valence-corrected chi connectivity index (χ0v) is 19.1. The largest absolute Gasteiger partial charge is 0.496 e. The van der Waals surface area contributed by atoms with Crippen LogP contribution in [0.25, 0.3) is 0 Å². The van der Waals surface area contributed by atoms with Gasteiger partial charge in [0.05, 0.1) is 26.1 Å². The standard InChI is InChI=1S/C22H30N4O3S/c1-14-13-30-20(24-14)12-25(4)21(27)10-18-22(28)23-8-9-26(18)11-17-6-7-19(29-5)16(3)15(17)2/h6-7,13,18H,8-12H2,1-5H3,(H,23,28). The van der Waals surface area contributed by atoms with Crippen LogP contribution in [-0.2, 0) is 22.7 Å². The summed E-state index contributed by atoms with van der Waals surface area (Å²) in [6, 6.07) is 3.53. The van der Waals surface area contributed by atoms with Crippen molar-refractivity contribution in [2.24, 2.45) is 0 Å². The maximum Gasteiger partial charge on any atom is 0.237 e. The van der Waals surface area contributed by atoms with Crippen molar-refractivity contribution in [2.45, 2.75) is 46.3 Å². The number of nitrogens with one attached hydrogen (secondary N) is 1. The fraction of sp³-hybridized carbons (Fsp3) is 0.500. The van der Waals surface area contributed by atoms with Crippen LogP contribution in [0.2, 0.25) is 0 Å². The van der Waals surface area contributed by atoms with E-state index in [2.05, 4.69) is 22.1 Å². The second-order valence-corrected chi connectivity index (χ2v) is 8.73. The molecule has 3 rings (SSSR count). The number of hydrogen-bond acceptors (Lipinski definition) is 6. The Hall–Kier alpha value is -2.45. The van der Waals surface area contributed by atoms with E-state index in [1.54, 1.807) is 30.4 Å². The first kappa shape index (κ1) is 22.2. The summed E-state index contributed by atoms with van der Waals surface area (Å²) in [4.78, 5) is 33.6. The number of carbonyl (C=O) groups excluding carboxylic acids is 2. The van der Waals surface area contributed by atoms with Gasteiger partial charge in [-0.3, -0.25) is 14.5 Å². The molecule has 1 fully saturated rings. The van der Waals surface area contributed by atoms with Crippen molar-refractivity contribution in [3.05, 3.63) is 44.9 Å². The molecule has 30 heavy (non-hydrogen) atoms. The number of aromatic nitrogens is 1. The van der Waals surface area contributed by atoms with Crippen molar-refractivity contribution in [2.75, 3.05) is 27.2 Å². The first-order valence-corrected chi connectivity index (χ1v) is 11.0. The number of hydrogen-bond donors (Lipinski definition) is 1. The van der Waals surface area contributed by atoms with Gasteiger partial charge in [-0.15, -0.1) is 11.3 Å². The molecule has 2 amide bonds. The van der Waals surface area contributed by atoms with Crippen LogP contribution in [0, 0.1) is 20.8 Å². The molecule has 2 aromatic rings. The summed E-state index contributed by atoms with van der Waals surface area (Å²) in [7, 11) is 3.43. The van der Waals surface area contributed by atoms with Crippen LogP contribution in [0.3, 0.4) is 0 Å². The number of rotatable bonds is 7. The van der Waals surface area contributed by atoms with Crippen molar-refractivity contribution in [1.29, 1.82) is 0 Å². The highest BCUT2D eigenvalue weighted by molar-refractivity contribution is 7.09. The number of ether oxygens (including phenoxy) is 1. The molecule has 1 aromatic carbocycles. The molecule has 7 nitrogen and oxygen atoms in total. The van der Waals surface area contributed by atoms with E-state index in [9.17, 15) is 9.59 Å². The van der Waals surface area contributed by atoms with Crippen LogP contribution in [-0.4, -0.2) is 59.9 Å². The van der Waals surface area contributed by atoms with E-state index in [0.29, 0.717) is 26.2 Å². The topological polar surface area (TPSA) is 74.8 Å². The molecule has 162 valence electrons. The summed E-state index contributed by atoms with van der Waals surface area (Å²) in [5.74, 6) is 0.715. The van der Waals surface area contributed by atoms with Crippen LogP contribution in [0.1, 0.15) is 33.8 Å². The normalized spacial score (nSPS) is 17.0. The van der Waals surface area contributed by atoms with Gasteiger partial charge in [-0.25, -0.2) is 4.98 Å². The fourth-order valence-corrected chi connectivity index (χ4v) is 4.55. The minimum atomic E-state index is -0.478. The van der Waals surface area contributed by atoms with Crippen molar-refractivity contribution in [3.63, 3.8) is 0 Å². The summed E-state index contributed by atoms with van der Waals surface area (Å²) in [6.45, 7) is 8.43. The molecule has 2 heterocycles. The minimum Gasteiger partial charge on any atom is -0.496 e. The molecule has 1 unspecified atom stereocenters. The molecule has 1 atom stereocenters. The first-order valence-electron chi connectivity index (χ1n) is 10.1. The number of amides is 2. The summed E-state index contributed by atoms with van der Waals surface area (Å²) in [6.07, 6.45) is 0.154. The zero-order chi connectivity index (χ0) is 21.8. The minimum absolute atomic E-state index is 0.0578. The SMILES string of the molecule is COc1ccc(CN2CCNC(=O)C2CC(=O)N(C)Cc2nc(C)cs2)c(C)c1C. The third kappa shape index (κ3) is 4.99. The molecule has 1 aliphatic rings. The number of aryl methyl sites for hydroxylation is 1. The summed E-state index contributed by atoms with van der Waals surface area (Å²) in [5, 5.41) is 5.78. The lowest BCUT2D eigenvalue weighted by atomic mass is 10.00. The molecule has 1 N–H and O–H groups in total. The van der Waals surface area contributed by atoms with Gasteiger partial charge < -0.3 is 15.0 Å². The Morgan fingerprint density at radius 2 is 2.10 bits per heavy atom. The third-order valence-corrected chi connectivity index (χ3v) is 6.67. The lowest BCUT2D eigenvalue weighted by Crippen LogP contribution is -2.56. The van der Waals surface area contributed by atoms with Crippen molar-refractivity contribution in [3.8, 4) is 5.75 Å². The van der Waals surface area contributed by atoms with Gasteiger partial charge in [0.25, 0.3) is 0 Å². The molecule has 0 bridgehead atoms. The Kier molecular flexibility index (Phi) is 7.10. The number of thiazole rings is 1. The number of benzene rings is 1. The molecule has 1 aliphatic heterocycles. The van der Waals surface area contributed by atoms with E-state index in [1.807, 2.05) is 31.4 Å². The van der Waals surface area contributed by atoms with Gasteiger partial charge in [-0.05, 0) is 43.5 Å². The van der Waals surface area contributed by atoms with E-state index < -0.39 is 6.04 Å². The van der Waals surface area contributed by atoms with E-state index in [0.717, 1.165) is 33.1 Å². The molecule has 1 aromatic heterocycles. The Morgan fingerprint density at radius 1 is 1.33 bits per heavy atom. The number of piperazine rings is 1. The Labute approximate surface area is 182 Å². The van der Waals surface area contributed by atoms with Gasteiger partial charge in [0.2, 0.25) is 11.8 Å². The highest BCUT2D eigenvalue weighted by Crippen LogP contribution is 2.26. The van der Waals surface area contributed by atoms with E-state index in [4.69, 9.17) is 4.74 Å². The van der Waals surface area contributed by atoms with Crippen LogP contribution < -0.4 is 10.1 Å². The third-order valence-electron chi connectivity index (χ3n) is 5.72. The molecular formula is C22H30N4O3S. The summed E-state index contributed by atoms with van der Waals surface area (Å²) in [5.41, 5.74) is 4.36. The zero-order valence-electron chi connectivity index (χ0n) is 18.3. The maximum absolute atomic E-state index is 12.9. The Morgan fingerprint density at radius 3 is 2.77 bits per heavy atom. The average molecular weight is 431 g/mol. The monoisotopic (exact) mass is 430 g/mol. The molecule has 0 aliphatic carbocycles. The van der Waals surface area contributed by atoms with Gasteiger partial charge in [0.15, 0.2) is 0 Å². The molecule has 0 saturated carbocycles.